The van der Waals surface area contributed by atoms with Gasteiger partial charge in [0.05, 0.1) is 0 Å². The van der Waals surface area contributed by atoms with Crippen molar-refractivity contribution >= 4 is 51.5 Å². The molecule has 0 unspecified atom stereocenters. The number of alkyl halides is 3. The van der Waals surface area contributed by atoms with Crippen molar-refractivity contribution < 1.29 is 0 Å². The lowest BCUT2D eigenvalue weighted by Crippen LogP contribution is -2.05. The molecule has 1 fully saturated rings. The van der Waals surface area contributed by atoms with Gasteiger partial charge >= 0.3 is 0 Å². The van der Waals surface area contributed by atoms with Gasteiger partial charge in [-0.05, 0) is 18.8 Å². The Labute approximate surface area is 101 Å². The second kappa shape index (κ2) is 4.00. The summed E-state index contributed by atoms with van der Waals surface area (Å²) >= 11 is 18.1. The van der Waals surface area contributed by atoms with Gasteiger partial charge in [-0.1, -0.05) is 34.8 Å². The van der Waals surface area contributed by atoms with Crippen molar-refractivity contribution in [3.8, 4) is 0 Å². The van der Waals surface area contributed by atoms with Crippen LogP contribution in [0.3, 0.4) is 0 Å². The van der Waals surface area contributed by atoms with Gasteiger partial charge in [-0.2, -0.15) is 9.36 Å². The molecule has 0 aromatic carbocycles. The Bertz CT molecular complexity index is 318. The minimum absolute atomic E-state index is 0.241. The van der Waals surface area contributed by atoms with Gasteiger partial charge in [-0.3, -0.25) is 0 Å². The van der Waals surface area contributed by atoms with Crippen LogP contribution in [0, 0.1) is 5.92 Å². The van der Waals surface area contributed by atoms with Crippen molar-refractivity contribution in [2.75, 3.05) is 11.9 Å². The lowest BCUT2D eigenvalue weighted by molar-refractivity contribution is 0.884. The van der Waals surface area contributed by atoms with Crippen molar-refractivity contribution in [3.63, 3.8) is 0 Å². The van der Waals surface area contributed by atoms with Crippen LogP contribution in [-0.2, 0) is 3.79 Å². The van der Waals surface area contributed by atoms with E-state index in [1.54, 1.807) is 0 Å². The Morgan fingerprint density at radius 2 is 2.14 bits per heavy atom. The van der Waals surface area contributed by atoms with E-state index in [9.17, 15) is 0 Å². The minimum atomic E-state index is -1.52. The number of nitrogens with zero attached hydrogens (tertiary/aromatic N) is 2. The monoisotopic (exact) mass is 271 g/mol. The highest BCUT2D eigenvalue weighted by molar-refractivity contribution is 7.09. The summed E-state index contributed by atoms with van der Waals surface area (Å²) in [4.78, 5) is 4.08. The topological polar surface area (TPSA) is 37.8 Å². The summed E-state index contributed by atoms with van der Waals surface area (Å²) in [6.45, 7) is 0.939. The second-order valence-corrected chi connectivity index (χ2v) is 6.28. The van der Waals surface area contributed by atoms with Crippen LogP contribution in [0.1, 0.15) is 18.7 Å². The summed E-state index contributed by atoms with van der Waals surface area (Å²) in [5, 5.41) is 3.89. The van der Waals surface area contributed by atoms with Crippen LogP contribution in [0.4, 0.5) is 5.13 Å². The highest BCUT2D eigenvalue weighted by atomic mass is 35.6. The molecule has 14 heavy (non-hydrogen) atoms. The maximum atomic E-state index is 5.63. The molecule has 0 bridgehead atoms. The van der Waals surface area contributed by atoms with Crippen LogP contribution in [0.5, 0.6) is 0 Å². The molecule has 1 aromatic heterocycles. The summed E-state index contributed by atoms with van der Waals surface area (Å²) in [6.07, 6.45) is 2.59. The Morgan fingerprint density at radius 1 is 1.43 bits per heavy atom. The Hall–Kier alpha value is 0.230. The number of hydrogen-bond acceptors (Lipinski definition) is 4. The lowest BCUT2D eigenvalue weighted by Gasteiger charge is -2.03. The molecule has 0 atom stereocenters. The highest BCUT2D eigenvalue weighted by Gasteiger charge is 2.28. The molecule has 78 valence electrons. The van der Waals surface area contributed by atoms with Gasteiger partial charge in [0, 0.05) is 18.1 Å². The average Bonchev–Trinajstić information content (AvgIpc) is 2.77. The van der Waals surface area contributed by atoms with Gasteiger partial charge in [0.15, 0.2) is 5.82 Å². The van der Waals surface area contributed by atoms with E-state index in [0.29, 0.717) is 0 Å². The molecular weight excluding hydrogens is 265 g/mol. The molecule has 1 aliphatic rings. The molecule has 3 nitrogen and oxygen atoms in total. The van der Waals surface area contributed by atoms with E-state index in [1.165, 1.54) is 24.4 Å². The zero-order valence-corrected chi connectivity index (χ0v) is 10.2. The van der Waals surface area contributed by atoms with Crippen LogP contribution >= 0.6 is 46.3 Å². The van der Waals surface area contributed by atoms with E-state index >= 15 is 0 Å². The van der Waals surface area contributed by atoms with Crippen LogP contribution in [0.2, 0.25) is 0 Å². The van der Waals surface area contributed by atoms with Crippen LogP contribution in [-0.4, -0.2) is 15.9 Å². The van der Waals surface area contributed by atoms with Crippen molar-refractivity contribution in [1.29, 1.82) is 0 Å². The number of aromatic nitrogens is 2. The SMILES string of the molecule is ClC(Cl)(Cl)c1nsc(NCC2CC2)n1. The van der Waals surface area contributed by atoms with Gasteiger partial charge in [0.25, 0.3) is 3.79 Å². The average molecular weight is 273 g/mol. The van der Waals surface area contributed by atoms with Crippen molar-refractivity contribution in [3.05, 3.63) is 5.82 Å². The van der Waals surface area contributed by atoms with Crippen LogP contribution in [0.15, 0.2) is 0 Å². The summed E-state index contributed by atoms with van der Waals surface area (Å²) < 4.78 is 2.44. The van der Waals surface area contributed by atoms with E-state index in [1.807, 2.05) is 0 Å². The van der Waals surface area contributed by atoms with Gasteiger partial charge < -0.3 is 5.32 Å². The van der Waals surface area contributed by atoms with E-state index in [4.69, 9.17) is 34.8 Å². The molecule has 1 saturated carbocycles. The molecule has 1 heterocycles. The fourth-order valence-electron chi connectivity index (χ4n) is 0.964. The van der Waals surface area contributed by atoms with E-state index in [2.05, 4.69) is 14.7 Å². The third kappa shape index (κ3) is 2.86. The van der Waals surface area contributed by atoms with Gasteiger partial charge in [0.1, 0.15) is 0 Å². The summed E-state index contributed by atoms with van der Waals surface area (Å²) in [6, 6.07) is 0. The third-order valence-corrected chi connectivity index (χ3v) is 3.10. The first-order valence-corrected chi connectivity index (χ1v) is 6.11. The maximum absolute atomic E-state index is 5.63. The molecular formula is C7H8Cl3N3S. The second-order valence-electron chi connectivity index (χ2n) is 3.25. The Balaban J connectivity index is 1.94. The van der Waals surface area contributed by atoms with E-state index in [-0.39, 0.29) is 5.82 Å². The molecule has 0 radical (unpaired) electrons. The Morgan fingerprint density at radius 3 is 2.64 bits per heavy atom. The molecule has 0 spiro atoms. The molecule has 1 N–H and O–H groups in total. The zero-order valence-electron chi connectivity index (χ0n) is 7.14. The normalized spacial score (nSPS) is 17.1. The smallest absolute Gasteiger partial charge is 0.251 e. The fraction of sp³-hybridized carbons (Fsp3) is 0.714. The fourth-order valence-corrected chi connectivity index (χ4v) is 1.99. The van der Waals surface area contributed by atoms with Crippen LogP contribution < -0.4 is 5.32 Å². The number of rotatable bonds is 3. The first-order valence-electron chi connectivity index (χ1n) is 4.20. The number of hydrogen-bond donors (Lipinski definition) is 1. The summed E-state index contributed by atoms with van der Waals surface area (Å²) in [7, 11) is 0. The molecule has 0 amide bonds. The summed E-state index contributed by atoms with van der Waals surface area (Å²) in [5.74, 6) is 1.03. The van der Waals surface area contributed by atoms with Crippen molar-refractivity contribution in [2.45, 2.75) is 16.6 Å². The van der Waals surface area contributed by atoms with Gasteiger partial charge in [-0.25, -0.2) is 0 Å². The number of anilines is 1. The number of halogens is 3. The van der Waals surface area contributed by atoms with E-state index in [0.717, 1.165) is 17.6 Å². The molecule has 1 aromatic rings. The Kier molecular flexibility index (Phi) is 3.07. The standard InChI is InChI=1S/C7H8Cl3N3S/c8-7(9,10)5-12-6(14-13-5)11-3-4-1-2-4/h4H,1-3H2,(H,11,12,13). The third-order valence-electron chi connectivity index (χ3n) is 1.92. The van der Waals surface area contributed by atoms with Gasteiger partial charge in [0.2, 0.25) is 5.13 Å². The van der Waals surface area contributed by atoms with E-state index < -0.39 is 3.79 Å². The van der Waals surface area contributed by atoms with Crippen molar-refractivity contribution in [2.24, 2.45) is 5.92 Å². The largest absolute Gasteiger partial charge is 0.360 e. The molecule has 7 heteroatoms. The first-order chi connectivity index (χ1) is 6.55. The predicted octanol–water partition coefficient (Wildman–Crippen LogP) is 3.19. The maximum Gasteiger partial charge on any atom is 0.251 e. The zero-order chi connectivity index (χ0) is 10.2. The highest BCUT2D eigenvalue weighted by Crippen LogP contribution is 2.37. The lowest BCUT2D eigenvalue weighted by atomic mass is 10.4. The van der Waals surface area contributed by atoms with Crippen LogP contribution in [0.25, 0.3) is 0 Å². The molecule has 0 saturated heterocycles. The van der Waals surface area contributed by atoms with Crippen molar-refractivity contribution in [1.82, 2.24) is 9.36 Å². The predicted molar refractivity (Wildman–Crippen MR) is 60.4 cm³/mol. The first kappa shape index (κ1) is 10.7. The summed E-state index contributed by atoms with van der Waals surface area (Å²) in [5.41, 5.74) is 0. The molecule has 0 aliphatic heterocycles. The van der Waals surface area contributed by atoms with Gasteiger partial charge in [-0.15, -0.1) is 0 Å². The molecule has 1 aliphatic carbocycles. The quantitative estimate of drug-likeness (QED) is 0.859. The number of nitrogens with one attached hydrogen (secondary N) is 1. The minimum Gasteiger partial charge on any atom is -0.360 e. The molecule has 2 rings (SSSR count).